The van der Waals surface area contributed by atoms with Crippen LogP contribution in [0.5, 0.6) is 5.75 Å². The lowest BCUT2D eigenvalue weighted by Gasteiger charge is -2.23. The van der Waals surface area contributed by atoms with Crippen LogP contribution in [0.15, 0.2) is 28.9 Å². The Kier molecular flexibility index (Phi) is 11.2. The normalized spacial score (nSPS) is 18.3. The highest BCUT2D eigenvalue weighted by atomic mass is 32.2. The average Bonchev–Trinajstić information content (AvgIpc) is 3.61. The van der Waals surface area contributed by atoms with E-state index in [0.29, 0.717) is 36.8 Å². The van der Waals surface area contributed by atoms with Crippen LogP contribution in [-0.2, 0) is 27.8 Å². The molecule has 10 nitrogen and oxygen atoms in total. The lowest BCUT2D eigenvalue weighted by atomic mass is 9.86. The number of amides is 2. The Bertz CT molecular complexity index is 1270. The smallest absolute Gasteiger partial charge is 0.273 e. The second-order valence-electron chi connectivity index (χ2n) is 11.4. The van der Waals surface area contributed by atoms with Gasteiger partial charge in [0.15, 0.2) is 5.69 Å². The fourth-order valence-electron chi connectivity index (χ4n) is 6.01. The maximum Gasteiger partial charge on any atom is 0.273 e. The van der Waals surface area contributed by atoms with Gasteiger partial charge in [-0.25, -0.2) is 13.4 Å². The number of hydrogen-bond donors (Lipinski definition) is 2. The summed E-state index contributed by atoms with van der Waals surface area (Å²) >= 11 is 0. The molecule has 2 amide bonds. The molecule has 2 heterocycles. The van der Waals surface area contributed by atoms with Crippen molar-refractivity contribution in [1.82, 2.24) is 19.9 Å². The zero-order valence-corrected chi connectivity index (χ0v) is 25.1. The molecule has 1 aliphatic heterocycles. The van der Waals surface area contributed by atoms with Crippen molar-refractivity contribution in [1.29, 1.82) is 0 Å². The van der Waals surface area contributed by atoms with Gasteiger partial charge in [-0.05, 0) is 61.4 Å². The zero-order valence-electron chi connectivity index (χ0n) is 24.3. The van der Waals surface area contributed by atoms with Crippen LogP contribution in [0.25, 0.3) is 0 Å². The van der Waals surface area contributed by atoms with Crippen LogP contribution in [-0.4, -0.2) is 56.6 Å². The number of likely N-dealkylation sites (tertiary alicyclic amines) is 1. The molecule has 1 aromatic carbocycles. The summed E-state index contributed by atoms with van der Waals surface area (Å²) in [7, 11) is -1.99. The maximum atomic E-state index is 12.7. The van der Waals surface area contributed by atoms with Gasteiger partial charge in [-0.3, -0.25) is 19.2 Å². The lowest BCUT2D eigenvalue weighted by Crippen LogP contribution is -2.29. The third-order valence-corrected chi connectivity index (χ3v) is 8.76. The van der Waals surface area contributed by atoms with E-state index < -0.39 is 15.9 Å². The molecule has 1 saturated carbocycles. The van der Waals surface area contributed by atoms with E-state index in [0.717, 1.165) is 55.5 Å². The van der Waals surface area contributed by atoms with Gasteiger partial charge in [0, 0.05) is 19.5 Å². The van der Waals surface area contributed by atoms with Crippen molar-refractivity contribution < 1.29 is 27.2 Å². The largest absolute Gasteiger partial charge is 0.497 e. The van der Waals surface area contributed by atoms with Crippen LogP contribution >= 0.6 is 0 Å². The fourth-order valence-corrected chi connectivity index (χ4v) is 6.53. The van der Waals surface area contributed by atoms with Crippen LogP contribution in [0, 0.1) is 5.92 Å². The Hall–Kier alpha value is -2.92. The highest BCUT2D eigenvalue weighted by Crippen LogP contribution is 2.34. The number of carbonyl (C=O) groups excluding carboxylic acids is 2. The molecule has 2 fully saturated rings. The molecule has 0 spiro atoms. The highest BCUT2D eigenvalue weighted by Gasteiger charge is 2.31. The van der Waals surface area contributed by atoms with Gasteiger partial charge in [0.05, 0.1) is 19.4 Å². The van der Waals surface area contributed by atoms with E-state index in [-0.39, 0.29) is 18.4 Å². The van der Waals surface area contributed by atoms with Gasteiger partial charge in [-0.1, -0.05) is 51.0 Å². The fraction of sp³-hybridized carbons (Fsp3) is 0.633. The van der Waals surface area contributed by atoms with E-state index in [1.807, 2.05) is 22.9 Å². The number of hydrogen-bond acceptors (Lipinski definition) is 8. The van der Waals surface area contributed by atoms with Crippen LogP contribution < -0.4 is 14.8 Å². The van der Waals surface area contributed by atoms with E-state index in [9.17, 15) is 18.0 Å². The number of carbonyl (C=O) groups is 2. The van der Waals surface area contributed by atoms with Crippen molar-refractivity contribution in [3.63, 3.8) is 0 Å². The minimum atomic E-state index is -3.60. The zero-order chi connectivity index (χ0) is 29.2. The summed E-state index contributed by atoms with van der Waals surface area (Å²) in [6.45, 7) is 2.06. The number of rotatable bonds is 14. The van der Waals surface area contributed by atoms with E-state index in [1.165, 1.54) is 44.8 Å². The second-order valence-corrected chi connectivity index (χ2v) is 13.1. The van der Waals surface area contributed by atoms with E-state index in [2.05, 4.69) is 15.2 Å². The number of nitrogens with zero attached hydrogens (tertiary/aromatic N) is 2. The SMILES string of the molecule is COc1ccc(CCC(=O)NS(C)(=O)=O)c(CN2CCC[C@H]2c2nc(C(=O)NCCCCC3CCCCC3)co2)c1. The van der Waals surface area contributed by atoms with E-state index in [4.69, 9.17) is 9.15 Å². The summed E-state index contributed by atoms with van der Waals surface area (Å²) < 4.78 is 36.0. The first-order valence-electron chi connectivity index (χ1n) is 14.9. The van der Waals surface area contributed by atoms with Gasteiger partial charge < -0.3 is 14.5 Å². The minimum absolute atomic E-state index is 0.0502. The molecule has 2 N–H and O–H groups in total. The standard InChI is InChI=1S/C30H44N4O6S/c1-39-25-15-13-23(14-16-28(35)33-41(2,37)38)24(19-25)20-34-18-8-12-27(34)30-32-26(21-40-30)29(36)31-17-7-6-11-22-9-4-3-5-10-22/h13,15,19,21-22,27H,3-12,14,16-18,20H2,1-2H3,(H,31,36)(H,33,35)/t27-/m0/s1. The Morgan fingerprint density at radius 2 is 1.90 bits per heavy atom. The Labute approximate surface area is 243 Å². The summed E-state index contributed by atoms with van der Waals surface area (Å²) in [5, 5.41) is 2.99. The predicted molar refractivity (Wildman–Crippen MR) is 156 cm³/mol. The van der Waals surface area contributed by atoms with Crippen molar-refractivity contribution in [2.45, 2.75) is 89.6 Å². The number of unbranched alkanes of at least 4 members (excludes halogenated alkanes) is 1. The first kappa shape index (κ1) is 31.0. The number of aryl methyl sites for hydroxylation is 1. The second kappa shape index (κ2) is 14.8. The summed E-state index contributed by atoms with van der Waals surface area (Å²) in [4.78, 5) is 31.6. The van der Waals surface area contributed by atoms with Gasteiger partial charge in [0.2, 0.25) is 21.8 Å². The van der Waals surface area contributed by atoms with Crippen molar-refractivity contribution in [3.8, 4) is 5.75 Å². The number of nitrogens with one attached hydrogen (secondary N) is 2. The van der Waals surface area contributed by atoms with E-state index in [1.54, 1.807) is 7.11 Å². The number of benzene rings is 1. The molecule has 1 aliphatic carbocycles. The van der Waals surface area contributed by atoms with Gasteiger partial charge >= 0.3 is 0 Å². The molecule has 0 bridgehead atoms. The molecule has 1 atom stereocenters. The molecule has 0 unspecified atom stereocenters. The van der Waals surface area contributed by atoms with Gasteiger partial charge in [0.1, 0.15) is 12.0 Å². The number of methoxy groups -OCH3 is 1. The van der Waals surface area contributed by atoms with Crippen molar-refractivity contribution in [2.24, 2.45) is 5.92 Å². The number of sulfonamides is 1. The van der Waals surface area contributed by atoms with Crippen LogP contribution in [0.4, 0.5) is 0 Å². The molecule has 1 aromatic heterocycles. The van der Waals surface area contributed by atoms with Crippen molar-refractivity contribution in [2.75, 3.05) is 26.5 Å². The topological polar surface area (TPSA) is 131 Å². The molecule has 2 aliphatic rings. The molecular weight excluding hydrogens is 544 g/mol. The third kappa shape index (κ3) is 9.56. The lowest BCUT2D eigenvalue weighted by molar-refractivity contribution is -0.119. The van der Waals surface area contributed by atoms with Crippen molar-refractivity contribution >= 4 is 21.8 Å². The Balaban J connectivity index is 1.32. The third-order valence-electron chi connectivity index (χ3n) is 8.16. The van der Waals surface area contributed by atoms with Gasteiger partial charge in [-0.15, -0.1) is 0 Å². The predicted octanol–water partition coefficient (Wildman–Crippen LogP) is 4.51. The number of ether oxygens (including phenoxy) is 1. The number of aromatic nitrogens is 1. The summed E-state index contributed by atoms with van der Waals surface area (Å²) in [5.74, 6) is 1.35. The summed E-state index contributed by atoms with van der Waals surface area (Å²) in [6.07, 6.45) is 14.9. The van der Waals surface area contributed by atoms with Crippen LogP contribution in [0.2, 0.25) is 0 Å². The quantitative estimate of drug-likeness (QED) is 0.308. The van der Waals surface area contributed by atoms with Crippen LogP contribution in [0.1, 0.15) is 104 Å². The molecule has 41 heavy (non-hydrogen) atoms. The molecule has 0 radical (unpaired) electrons. The summed E-state index contributed by atoms with van der Waals surface area (Å²) in [6, 6.07) is 5.63. The van der Waals surface area contributed by atoms with Gasteiger partial charge in [0.25, 0.3) is 5.91 Å². The molecule has 226 valence electrons. The van der Waals surface area contributed by atoms with Crippen LogP contribution in [0.3, 0.4) is 0 Å². The monoisotopic (exact) mass is 588 g/mol. The number of oxazole rings is 1. The van der Waals surface area contributed by atoms with Crippen molar-refractivity contribution in [3.05, 3.63) is 47.2 Å². The molecular formula is C30H44N4O6S. The minimum Gasteiger partial charge on any atom is -0.497 e. The average molecular weight is 589 g/mol. The first-order valence-corrected chi connectivity index (χ1v) is 16.7. The molecule has 2 aromatic rings. The molecule has 4 rings (SSSR count). The highest BCUT2D eigenvalue weighted by molar-refractivity contribution is 7.89. The first-order chi connectivity index (χ1) is 19.7. The Morgan fingerprint density at radius 1 is 1.10 bits per heavy atom. The maximum absolute atomic E-state index is 12.7. The summed E-state index contributed by atoms with van der Waals surface area (Å²) in [5.41, 5.74) is 2.23. The molecule has 11 heteroatoms. The van der Waals surface area contributed by atoms with Gasteiger partial charge in [-0.2, -0.15) is 0 Å². The van der Waals surface area contributed by atoms with E-state index >= 15 is 0 Å². The molecule has 1 saturated heterocycles. The Morgan fingerprint density at radius 3 is 2.66 bits per heavy atom.